The molecule has 60 heavy (non-hydrogen) atoms. The van der Waals surface area contributed by atoms with Crippen molar-refractivity contribution in [2.24, 2.45) is 23.7 Å². The lowest BCUT2D eigenvalue weighted by atomic mass is 9.43. The van der Waals surface area contributed by atoms with Crippen molar-refractivity contribution in [3.05, 3.63) is 215 Å². The zero-order chi connectivity index (χ0) is 39.2. The Bertz CT molecular complexity index is 3160. The van der Waals surface area contributed by atoms with Crippen LogP contribution in [0.5, 0.6) is 0 Å². The van der Waals surface area contributed by atoms with Gasteiger partial charge < -0.3 is 0 Å². The van der Waals surface area contributed by atoms with E-state index in [1.54, 1.807) is 11.1 Å². The zero-order valence-electron chi connectivity index (χ0n) is 33.6. The Kier molecular flexibility index (Phi) is 6.91. The van der Waals surface area contributed by atoms with Crippen LogP contribution < -0.4 is 0 Å². The van der Waals surface area contributed by atoms with Crippen molar-refractivity contribution in [1.82, 2.24) is 0 Å². The third kappa shape index (κ3) is 4.26. The molecule has 15 rings (SSSR count). The van der Waals surface area contributed by atoms with Crippen LogP contribution in [0.1, 0.15) is 65.5 Å². The Labute approximate surface area is 356 Å². The van der Waals surface area contributed by atoms with Gasteiger partial charge in [0.05, 0.1) is 5.41 Å². The molecule has 0 amide bonds. The first-order valence-corrected chi connectivity index (χ1v) is 23.1. The third-order valence-corrected chi connectivity index (χ3v) is 17.4. The maximum Gasteiger partial charge on any atom is 0.0713 e. The first-order valence-electron chi connectivity index (χ1n) is 22.3. The Morgan fingerprint density at radius 3 is 1.75 bits per heavy atom. The van der Waals surface area contributed by atoms with Gasteiger partial charge in [-0.1, -0.05) is 164 Å². The largest absolute Gasteiger partial charge is 0.135 e. The highest BCUT2D eigenvalue weighted by Gasteiger charge is 2.62. The van der Waals surface area contributed by atoms with E-state index in [1.165, 1.54) is 119 Å². The van der Waals surface area contributed by atoms with Crippen molar-refractivity contribution in [3.8, 4) is 44.5 Å². The van der Waals surface area contributed by atoms with Gasteiger partial charge in [0.1, 0.15) is 0 Å². The van der Waals surface area contributed by atoms with Crippen LogP contribution >= 0.6 is 11.3 Å². The summed E-state index contributed by atoms with van der Waals surface area (Å²) < 4.78 is 2.78. The van der Waals surface area contributed by atoms with E-state index in [0.717, 1.165) is 11.8 Å². The van der Waals surface area contributed by atoms with Crippen LogP contribution in [0.3, 0.4) is 0 Å². The molecule has 1 aromatic heterocycles. The van der Waals surface area contributed by atoms with Crippen LogP contribution in [0.25, 0.3) is 64.7 Å². The number of rotatable bonds is 4. The number of thiophene rings is 1. The molecule has 8 aromatic carbocycles. The molecule has 0 nitrogen and oxygen atoms in total. The molecule has 0 atom stereocenters. The van der Waals surface area contributed by atoms with Crippen LogP contribution in [0.15, 0.2) is 182 Å². The normalized spacial score (nSPS) is 23.5. The number of hydrogen-bond donors (Lipinski definition) is 0. The van der Waals surface area contributed by atoms with Crippen LogP contribution in [-0.4, -0.2) is 0 Å². The van der Waals surface area contributed by atoms with Gasteiger partial charge in [0.2, 0.25) is 0 Å². The summed E-state index contributed by atoms with van der Waals surface area (Å²) in [5.41, 5.74) is 19.4. The molecule has 0 saturated heterocycles. The third-order valence-electron chi connectivity index (χ3n) is 16.2. The van der Waals surface area contributed by atoms with Gasteiger partial charge in [0.15, 0.2) is 0 Å². The molecule has 0 aliphatic heterocycles. The quantitative estimate of drug-likeness (QED) is 0.167. The summed E-state index contributed by atoms with van der Waals surface area (Å²) in [4.78, 5) is 0. The molecule has 0 radical (unpaired) electrons. The molecule has 1 heteroatoms. The van der Waals surface area contributed by atoms with Gasteiger partial charge in [-0.3, -0.25) is 0 Å². The standard InChI is InChI=1S/C59H44S/c1-2-14-40(15-3-1)58(51-23-7-4-17-44(51)45-18-5-8-24-52(45)58)41-16-10-13-38(34-41)39-27-28-50-54(35-39)59(42-30-36-29-37(32-42)33-43(59)31-36)53-25-12-20-47(56(50)53)49-22-11-21-48-46-19-6-9-26-55(46)60-57(48)49/h1-28,34-37,42-43H,29-33H2. The molecule has 4 bridgehead atoms. The van der Waals surface area contributed by atoms with Crippen molar-refractivity contribution >= 4 is 31.5 Å². The van der Waals surface area contributed by atoms with Gasteiger partial charge in [0, 0.05) is 31.2 Å². The van der Waals surface area contributed by atoms with Gasteiger partial charge >= 0.3 is 0 Å². The molecule has 9 aromatic rings. The number of benzene rings is 8. The van der Waals surface area contributed by atoms with Gasteiger partial charge in [0.25, 0.3) is 0 Å². The molecule has 286 valence electrons. The fourth-order valence-corrected chi connectivity index (χ4v) is 15.5. The predicted octanol–water partition coefficient (Wildman–Crippen LogP) is 15.5. The van der Waals surface area contributed by atoms with Crippen molar-refractivity contribution < 1.29 is 0 Å². The molecule has 4 saturated carbocycles. The SMILES string of the molecule is c1ccc(C2(c3cccc(-c4ccc5c(c4)C4(c6cccc(-c7cccc8c7sc7ccccc78)c6-5)C5CC6CC(C5)CC4C6)c3)c3ccccc3-c3ccccc32)cc1. The Morgan fingerprint density at radius 1 is 0.383 bits per heavy atom. The molecule has 4 fully saturated rings. The molecule has 0 unspecified atom stereocenters. The molecule has 6 aliphatic rings. The minimum absolute atomic E-state index is 0.0599. The van der Waals surface area contributed by atoms with Crippen LogP contribution in [0.4, 0.5) is 0 Å². The van der Waals surface area contributed by atoms with E-state index >= 15 is 0 Å². The average Bonchev–Trinajstić information content (AvgIpc) is 3.93. The highest BCUT2D eigenvalue weighted by Crippen LogP contribution is 2.70. The Morgan fingerprint density at radius 2 is 0.967 bits per heavy atom. The van der Waals surface area contributed by atoms with Crippen molar-refractivity contribution in [3.63, 3.8) is 0 Å². The first-order chi connectivity index (χ1) is 29.7. The summed E-state index contributed by atoms with van der Waals surface area (Å²) in [5.74, 6) is 3.18. The molecule has 1 spiro atoms. The zero-order valence-corrected chi connectivity index (χ0v) is 34.4. The second-order valence-electron chi connectivity index (χ2n) is 18.7. The minimum Gasteiger partial charge on any atom is -0.135 e. The van der Waals surface area contributed by atoms with Gasteiger partial charge in [-0.15, -0.1) is 11.3 Å². The maximum absolute atomic E-state index is 2.69. The van der Waals surface area contributed by atoms with E-state index in [2.05, 4.69) is 182 Å². The smallest absolute Gasteiger partial charge is 0.0713 e. The molecule has 6 aliphatic carbocycles. The Hall–Kier alpha value is -6.02. The molecule has 1 heterocycles. The van der Waals surface area contributed by atoms with Gasteiger partial charge in [-0.25, -0.2) is 0 Å². The van der Waals surface area contributed by atoms with Crippen LogP contribution in [-0.2, 0) is 10.8 Å². The topological polar surface area (TPSA) is 0 Å². The monoisotopic (exact) mass is 784 g/mol. The summed E-state index contributed by atoms with van der Waals surface area (Å²) in [6.07, 6.45) is 6.96. The first kappa shape index (κ1) is 33.8. The molecular formula is C59H44S. The van der Waals surface area contributed by atoms with E-state index < -0.39 is 5.41 Å². The van der Waals surface area contributed by atoms with E-state index in [4.69, 9.17) is 0 Å². The summed E-state index contributed by atoms with van der Waals surface area (Å²) in [5, 5.41) is 2.75. The lowest BCUT2D eigenvalue weighted by Crippen LogP contribution is -2.55. The van der Waals surface area contributed by atoms with Crippen molar-refractivity contribution in [2.75, 3.05) is 0 Å². The Balaban J connectivity index is 0.994. The number of fused-ring (bicyclic) bond motifs is 9. The summed E-state index contributed by atoms with van der Waals surface area (Å²) in [7, 11) is 0. The average molecular weight is 785 g/mol. The summed E-state index contributed by atoms with van der Waals surface area (Å²) >= 11 is 1.96. The van der Waals surface area contributed by atoms with Gasteiger partial charge in [-0.2, -0.15) is 0 Å². The summed E-state index contributed by atoms with van der Waals surface area (Å²) in [6.45, 7) is 0. The van der Waals surface area contributed by atoms with E-state index in [1.807, 2.05) is 11.3 Å². The molecule has 0 N–H and O–H groups in total. The van der Waals surface area contributed by atoms with E-state index in [0.29, 0.717) is 11.8 Å². The molecular weight excluding hydrogens is 741 g/mol. The lowest BCUT2D eigenvalue weighted by Gasteiger charge is -2.61. The second-order valence-corrected chi connectivity index (χ2v) is 19.8. The fraction of sp³-hybridized carbons (Fsp3) is 0.186. The van der Waals surface area contributed by atoms with Crippen molar-refractivity contribution in [2.45, 2.75) is 42.9 Å². The highest BCUT2D eigenvalue weighted by molar-refractivity contribution is 7.26. The van der Waals surface area contributed by atoms with Crippen LogP contribution in [0.2, 0.25) is 0 Å². The van der Waals surface area contributed by atoms with Crippen molar-refractivity contribution in [1.29, 1.82) is 0 Å². The second kappa shape index (κ2) is 12.3. The lowest BCUT2D eigenvalue weighted by molar-refractivity contribution is -0.0399. The maximum atomic E-state index is 2.69. The predicted molar refractivity (Wildman–Crippen MR) is 251 cm³/mol. The van der Waals surface area contributed by atoms with Gasteiger partial charge in [-0.05, 0) is 146 Å². The minimum atomic E-state index is -0.414. The fourth-order valence-electron chi connectivity index (χ4n) is 14.3. The van der Waals surface area contributed by atoms with Crippen LogP contribution in [0, 0.1) is 23.7 Å². The van der Waals surface area contributed by atoms with E-state index in [-0.39, 0.29) is 5.41 Å². The number of hydrogen-bond acceptors (Lipinski definition) is 1. The highest BCUT2D eigenvalue weighted by atomic mass is 32.1. The van der Waals surface area contributed by atoms with E-state index in [9.17, 15) is 0 Å². The summed E-state index contributed by atoms with van der Waals surface area (Å²) in [6, 6.07) is 70.2.